The fourth-order valence-corrected chi connectivity index (χ4v) is 3.86. The molecule has 2 N–H and O–H groups in total. The molecule has 0 aliphatic rings. The summed E-state index contributed by atoms with van der Waals surface area (Å²) in [6.45, 7) is 0. The Kier molecular flexibility index (Phi) is 4.19. The standard InChI is InChI=1S/C14H12N3O2P/c15-11-16-14(18)17-20(19,12-7-3-1-4-8-12)13-9-5-2-6-10-13/h1-10H,(H2,16,17,18,19). The molecule has 2 amide bonds. The van der Waals surface area contributed by atoms with Crippen molar-refractivity contribution < 1.29 is 9.36 Å². The maximum absolute atomic E-state index is 13.2. The number of amides is 2. The summed E-state index contributed by atoms with van der Waals surface area (Å²) in [6.07, 6.45) is 1.51. The van der Waals surface area contributed by atoms with Crippen molar-refractivity contribution in [3.8, 4) is 6.19 Å². The van der Waals surface area contributed by atoms with E-state index in [2.05, 4.69) is 5.09 Å². The van der Waals surface area contributed by atoms with Gasteiger partial charge in [0.1, 0.15) is 0 Å². The minimum absolute atomic E-state index is 0.499. The highest BCUT2D eigenvalue weighted by atomic mass is 31.2. The fraction of sp³-hybridized carbons (Fsp3) is 0. The van der Waals surface area contributed by atoms with Crippen LogP contribution in [0.2, 0.25) is 0 Å². The molecule has 0 fully saturated rings. The Morgan fingerprint density at radius 2 is 1.40 bits per heavy atom. The average Bonchev–Trinajstić information content (AvgIpc) is 2.49. The van der Waals surface area contributed by atoms with Crippen molar-refractivity contribution in [2.24, 2.45) is 0 Å². The molecule has 5 nitrogen and oxygen atoms in total. The predicted molar refractivity (Wildman–Crippen MR) is 77.0 cm³/mol. The van der Waals surface area contributed by atoms with Crippen molar-refractivity contribution in [2.75, 3.05) is 0 Å². The van der Waals surface area contributed by atoms with Crippen molar-refractivity contribution in [3.63, 3.8) is 0 Å². The summed E-state index contributed by atoms with van der Waals surface area (Å²) in [4.78, 5) is 11.6. The van der Waals surface area contributed by atoms with Crippen molar-refractivity contribution in [3.05, 3.63) is 60.7 Å². The van der Waals surface area contributed by atoms with E-state index < -0.39 is 13.3 Å². The molecular weight excluding hydrogens is 273 g/mol. The second-order valence-corrected chi connectivity index (χ2v) is 6.43. The molecule has 6 heteroatoms. The van der Waals surface area contributed by atoms with Crippen LogP contribution in [-0.4, -0.2) is 6.03 Å². The minimum Gasteiger partial charge on any atom is -0.290 e. The van der Waals surface area contributed by atoms with Gasteiger partial charge >= 0.3 is 6.03 Å². The zero-order valence-electron chi connectivity index (χ0n) is 10.5. The third-order valence-electron chi connectivity index (χ3n) is 2.67. The van der Waals surface area contributed by atoms with Gasteiger partial charge in [0.15, 0.2) is 6.19 Å². The van der Waals surface area contributed by atoms with Gasteiger partial charge in [-0.3, -0.25) is 9.65 Å². The molecule has 2 aromatic rings. The first-order valence-electron chi connectivity index (χ1n) is 5.85. The molecule has 0 aliphatic carbocycles. The molecule has 100 valence electrons. The fourth-order valence-electron chi connectivity index (χ4n) is 1.78. The Bertz CT molecular complexity index is 637. The van der Waals surface area contributed by atoms with Crippen LogP contribution < -0.4 is 21.0 Å². The number of nitrogens with one attached hydrogen (secondary N) is 2. The summed E-state index contributed by atoms with van der Waals surface area (Å²) in [6, 6.07) is 16.5. The van der Waals surface area contributed by atoms with E-state index in [0.717, 1.165) is 0 Å². The normalized spacial score (nSPS) is 10.3. The number of hydrogen-bond acceptors (Lipinski definition) is 3. The molecule has 0 saturated heterocycles. The maximum Gasteiger partial charge on any atom is 0.333 e. The van der Waals surface area contributed by atoms with Gasteiger partial charge in [-0.2, -0.15) is 5.26 Å². The monoisotopic (exact) mass is 285 g/mol. The van der Waals surface area contributed by atoms with Crippen LogP contribution in [0.25, 0.3) is 0 Å². The molecule has 0 unspecified atom stereocenters. The number of benzene rings is 2. The lowest BCUT2D eigenvalue weighted by Gasteiger charge is -2.19. The molecule has 2 aromatic carbocycles. The highest BCUT2D eigenvalue weighted by Crippen LogP contribution is 2.38. The lowest BCUT2D eigenvalue weighted by Crippen LogP contribution is -2.37. The van der Waals surface area contributed by atoms with Gasteiger partial charge in [-0.25, -0.2) is 10.1 Å². The first kappa shape index (κ1) is 13.9. The Balaban J connectivity index is 2.48. The van der Waals surface area contributed by atoms with Gasteiger partial charge in [0.05, 0.1) is 0 Å². The Labute approximate surface area is 116 Å². The van der Waals surface area contributed by atoms with Crippen LogP contribution in [0, 0.1) is 11.5 Å². The smallest absolute Gasteiger partial charge is 0.290 e. The lowest BCUT2D eigenvalue weighted by atomic mass is 10.4. The van der Waals surface area contributed by atoms with Crippen molar-refractivity contribution >= 4 is 23.9 Å². The second-order valence-electron chi connectivity index (χ2n) is 3.96. The van der Waals surface area contributed by atoms with Gasteiger partial charge in [-0.1, -0.05) is 36.4 Å². The Hall–Kier alpha value is -2.57. The number of hydrogen-bond donors (Lipinski definition) is 2. The summed E-state index contributed by atoms with van der Waals surface area (Å²) < 4.78 is 13.2. The van der Waals surface area contributed by atoms with Gasteiger partial charge in [0, 0.05) is 10.6 Å². The van der Waals surface area contributed by atoms with Gasteiger partial charge in [-0.05, 0) is 24.3 Å². The Morgan fingerprint density at radius 3 is 1.80 bits per heavy atom. The Morgan fingerprint density at radius 1 is 0.950 bits per heavy atom. The summed E-state index contributed by atoms with van der Waals surface area (Å²) in [5.41, 5.74) is 0. The maximum atomic E-state index is 13.2. The first-order valence-corrected chi connectivity index (χ1v) is 7.56. The van der Waals surface area contributed by atoms with Crippen LogP contribution in [0.1, 0.15) is 0 Å². The molecule has 0 radical (unpaired) electrons. The van der Waals surface area contributed by atoms with E-state index >= 15 is 0 Å². The number of nitriles is 1. The molecule has 0 aliphatic heterocycles. The van der Waals surface area contributed by atoms with Crippen molar-refractivity contribution in [1.29, 1.82) is 5.26 Å². The van der Waals surface area contributed by atoms with Gasteiger partial charge in [0.2, 0.25) is 7.29 Å². The highest BCUT2D eigenvalue weighted by molar-refractivity contribution is 7.77. The van der Waals surface area contributed by atoms with E-state index in [4.69, 9.17) is 5.26 Å². The largest absolute Gasteiger partial charge is 0.333 e. The molecule has 0 heterocycles. The van der Waals surface area contributed by atoms with Gasteiger partial charge < -0.3 is 0 Å². The molecule has 0 spiro atoms. The number of urea groups is 1. The SMILES string of the molecule is N#CNC(=O)NP(=O)(c1ccccc1)c1ccccc1. The molecular formula is C14H12N3O2P. The van der Waals surface area contributed by atoms with E-state index in [1.807, 2.05) is 5.32 Å². The third kappa shape index (κ3) is 2.87. The van der Waals surface area contributed by atoms with E-state index in [-0.39, 0.29) is 0 Å². The van der Waals surface area contributed by atoms with Crippen molar-refractivity contribution in [2.45, 2.75) is 0 Å². The van der Waals surface area contributed by atoms with E-state index in [1.54, 1.807) is 60.7 Å². The van der Waals surface area contributed by atoms with Crippen LogP contribution in [0.15, 0.2) is 60.7 Å². The summed E-state index contributed by atoms with van der Waals surface area (Å²) in [5.74, 6) is 0. The van der Waals surface area contributed by atoms with Crippen molar-refractivity contribution in [1.82, 2.24) is 10.4 Å². The summed E-state index contributed by atoms with van der Waals surface area (Å²) in [5, 5.41) is 13.8. The molecule has 2 rings (SSSR count). The number of carbonyl (C=O) groups is 1. The molecule has 0 bridgehead atoms. The number of carbonyl (C=O) groups excluding carboxylic acids is 1. The molecule has 20 heavy (non-hydrogen) atoms. The number of nitrogens with zero attached hydrogens (tertiary/aromatic N) is 1. The quantitative estimate of drug-likeness (QED) is 0.511. The predicted octanol–water partition coefficient (Wildman–Crippen LogP) is 1.70. The topological polar surface area (TPSA) is 82.0 Å². The lowest BCUT2D eigenvalue weighted by molar-refractivity contribution is 0.249. The number of rotatable bonds is 3. The van der Waals surface area contributed by atoms with E-state index in [9.17, 15) is 9.36 Å². The molecule has 0 saturated carbocycles. The highest BCUT2D eigenvalue weighted by Gasteiger charge is 2.29. The summed E-state index contributed by atoms with van der Waals surface area (Å²) >= 11 is 0. The van der Waals surface area contributed by atoms with Crippen LogP contribution in [-0.2, 0) is 4.57 Å². The molecule has 0 atom stereocenters. The van der Waals surface area contributed by atoms with Crippen LogP contribution >= 0.6 is 7.29 Å². The first-order chi connectivity index (χ1) is 9.66. The second kappa shape index (κ2) is 6.05. The van der Waals surface area contributed by atoms with Crippen LogP contribution in [0.3, 0.4) is 0 Å². The van der Waals surface area contributed by atoms with E-state index in [0.29, 0.717) is 10.6 Å². The average molecular weight is 285 g/mol. The third-order valence-corrected chi connectivity index (χ3v) is 5.24. The minimum atomic E-state index is -3.32. The van der Waals surface area contributed by atoms with E-state index in [1.165, 1.54) is 6.19 Å². The van der Waals surface area contributed by atoms with Gasteiger partial charge in [0.25, 0.3) is 0 Å². The summed E-state index contributed by atoms with van der Waals surface area (Å²) in [7, 11) is -3.32. The van der Waals surface area contributed by atoms with Crippen LogP contribution in [0.4, 0.5) is 4.79 Å². The van der Waals surface area contributed by atoms with Gasteiger partial charge in [-0.15, -0.1) is 0 Å². The zero-order chi connectivity index (χ0) is 14.4. The van der Waals surface area contributed by atoms with Crippen LogP contribution in [0.5, 0.6) is 0 Å². The zero-order valence-corrected chi connectivity index (χ0v) is 11.4. The molecule has 0 aromatic heterocycles.